The van der Waals surface area contributed by atoms with E-state index in [0.29, 0.717) is 6.04 Å². The summed E-state index contributed by atoms with van der Waals surface area (Å²) in [5, 5.41) is 0. The van der Waals surface area contributed by atoms with E-state index in [-0.39, 0.29) is 0 Å². The van der Waals surface area contributed by atoms with Gasteiger partial charge in [0.15, 0.2) is 0 Å². The van der Waals surface area contributed by atoms with E-state index in [4.69, 9.17) is 5.73 Å². The molecule has 0 aliphatic heterocycles. The molecule has 0 heterocycles. The molecule has 84 valence electrons. The van der Waals surface area contributed by atoms with Crippen molar-refractivity contribution in [1.82, 2.24) is 4.90 Å². The van der Waals surface area contributed by atoms with Crippen LogP contribution in [-0.2, 0) is 6.54 Å². The molecule has 0 radical (unpaired) electrons. The summed E-state index contributed by atoms with van der Waals surface area (Å²) in [4.78, 5) is 2.16. The van der Waals surface area contributed by atoms with Crippen LogP contribution in [0.25, 0.3) is 0 Å². The van der Waals surface area contributed by atoms with E-state index in [1.807, 2.05) is 6.07 Å². The van der Waals surface area contributed by atoms with Gasteiger partial charge in [0.05, 0.1) is 0 Å². The summed E-state index contributed by atoms with van der Waals surface area (Å²) in [5.74, 6) is 0. The first kappa shape index (κ1) is 12.2. The van der Waals surface area contributed by atoms with Gasteiger partial charge in [-0.3, -0.25) is 0 Å². The fraction of sp³-hybridized carbons (Fsp3) is 0.538. The lowest BCUT2D eigenvalue weighted by Gasteiger charge is -2.18. The van der Waals surface area contributed by atoms with Crippen LogP contribution in [-0.4, -0.2) is 25.0 Å². The van der Waals surface area contributed by atoms with Crippen molar-refractivity contribution in [3.8, 4) is 0 Å². The summed E-state index contributed by atoms with van der Waals surface area (Å²) < 4.78 is 0. The first-order valence-electron chi connectivity index (χ1n) is 5.62. The molecule has 0 atom stereocenters. The zero-order valence-corrected chi connectivity index (χ0v) is 9.82. The Hall–Kier alpha value is -0.860. The minimum Gasteiger partial charge on any atom is -0.328 e. The van der Waals surface area contributed by atoms with Crippen LogP contribution in [0.1, 0.15) is 24.8 Å². The highest BCUT2D eigenvalue weighted by Gasteiger charge is 2.09. The Morgan fingerprint density at radius 2 is 1.73 bits per heavy atom. The van der Waals surface area contributed by atoms with E-state index in [2.05, 4.69) is 43.3 Å². The van der Waals surface area contributed by atoms with Gasteiger partial charge >= 0.3 is 0 Å². The Labute approximate surface area is 93.1 Å². The van der Waals surface area contributed by atoms with Crippen LogP contribution in [0, 0.1) is 0 Å². The van der Waals surface area contributed by atoms with Gasteiger partial charge in [-0.05, 0) is 32.5 Å². The second-order valence-corrected chi connectivity index (χ2v) is 4.41. The summed E-state index contributed by atoms with van der Waals surface area (Å²) in [6.45, 7) is 1.03. The summed E-state index contributed by atoms with van der Waals surface area (Å²) in [6, 6.07) is 11.0. The number of benzene rings is 1. The number of rotatable bonds is 2. The van der Waals surface area contributed by atoms with Crippen molar-refractivity contribution in [3.05, 3.63) is 35.9 Å². The molecule has 1 aromatic rings. The number of hydrogen-bond donors (Lipinski definition) is 1. The molecule has 15 heavy (non-hydrogen) atoms. The molecule has 0 bridgehead atoms. The van der Waals surface area contributed by atoms with E-state index in [1.165, 1.54) is 24.8 Å². The predicted octanol–water partition coefficient (Wildman–Crippen LogP) is 2.25. The Balaban J connectivity index is 0.000000187. The van der Waals surface area contributed by atoms with Crippen molar-refractivity contribution in [3.63, 3.8) is 0 Å². The molecular formula is C13H22N2. The van der Waals surface area contributed by atoms with E-state index in [0.717, 1.165) is 6.54 Å². The highest BCUT2D eigenvalue weighted by Crippen LogP contribution is 2.14. The van der Waals surface area contributed by atoms with Gasteiger partial charge in [0, 0.05) is 12.6 Å². The third kappa shape index (κ3) is 5.55. The molecular weight excluding hydrogens is 184 g/mol. The standard InChI is InChI=1S/C9H13N.C4H9N/c1-10(2)8-9-6-4-3-5-7-9;5-4-2-1-3-4/h3-7H,8H2,1-2H3;4H,1-3,5H2. The first-order chi connectivity index (χ1) is 7.18. The Kier molecular flexibility index (Phi) is 5.37. The van der Waals surface area contributed by atoms with Gasteiger partial charge in [0.1, 0.15) is 0 Å². The molecule has 2 nitrogen and oxygen atoms in total. The maximum Gasteiger partial charge on any atom is 0.0227 e. The van der Waals surface area contributed by atoms with Gasteiger partial charge in [0.2, 0.25) is 0 Å². The molecule has 0 saturated heterocycles. The van der Waals surface area contributed by atoms with Gasteiger partial charge in [0.25, 0.3) is 0 Å². The monoisotopic (exact) mass is 206 g/mol. The molecule has 2 N–H and O–H groups in total. The fourth-order valence-electron chi connectivity index (χ4n) is 1.39. The van der Waals surface area contributed by atoms with Gasteiger partial charge in [-0.15, -0.1) is 0 Å². The van der Waals surface area contributed by atoms with E-state index in [1.54, 1.807) is 0 Å². The SMILES string of the molecule is CN(C)Cc1ccccc1.NC1CCC1. The van der Waals surface area contributed by atoms with Crippen molar-refractivity contribution in [2.45, 2.75) is 31.8 Å². The van der Waals surface area contributed by atoms with E-state index in [9.17, 15) is 0 Å². The van der Waals surface area contributed by atoms with Crippen molar-refractivity contribution in [2.24, 2.45) is 5.73 Å². The lowest BCUT2D eigenvalue weighted by molar-refractivity contribution is 0.402. The largest absolute Gasteiger partial charge is 0.328 e. The fourth-order valence-corrected chi connectivity index (χ4v) is 1.39. The molecule has 2 heteroatoms. The molecule has 2 rings (SSSR count). The third-order valence-corrected chi connectivity index (χ3v) is 2.49. The molecule has 1 aliphatic rings. The smallest absolute Gasteiger partial charge is 0.0227 e. The highest BCUT2D eigenvalue weighted by atomic mass is 15.0. The molecule has 0 aromatic heterocycles. The second kappa shape index (κ2) is 6.59. The molecule has 0 unspecified atom stereocenters. The molecule has 0 spiro atoms. The van der Waals surface area contributed by atoms with E-state index < -0.39 is 0 Å². The lowest BCUT2D eigenvalue weighted by atomic mass is 9.95. The van der Waals surface area contributed by atoms with Crippen molar-refractivity contribution in [2.75, 3.05) is 14.1 Å². The zero-order chi connectivity index (χ0) is 11.1. The summed E-state index contributed by atoms with van der Waals surface area (Å²) in [6.07, 6.45) is 3.89. The minimum atomic E-state index is 0.565. The minimum absolute atomic E-state index is 0.565. The number of hydrogen-bond acceptors (Lipinski definition) is 2. The van der Waals surface area contributed by atoms with Crippen molar-refractivity contribution in [1.29, 1.82) is 0 Å². The highest BCUT2D eigenvalue weighted by molar-refractivity contribution is 5.14. The molecule has 1 aliphatic carbocycles. The molecule has 1 saturated carbocycles. The van der Waals surface area contributed by atoms with Crippen LogP contribution in [0.2, 0.25) is 0 Å². The average Bonchev–Trinajstić information content (AvgIpc) is 2.16. The molecule has 0 amide bonds. The normalized spacial score (nSPS) is 15.5. The quantitative estimate of drug-likeness (QED) is 0.804. The first-order valence-corrected chi connectivity index (χ1v) is 5.62. The maximum atomic E-state index is 5.38. The second-order valence-electron chi connectivity index (χ2n) is 4.41. The lowest BCUT2D eigenvalue weighted by Crippen LogP contribution is -2.27. The zero-order valence-electron chi connectivity index (χ0n) is 9.82. The van der Waals surface area contributed by atoms with Crippen LogP contribution in [0.5, 0.6) is 0 Å². The van der Waals surface area contributed by atoms with Crippen molar-refractivity contribution < 1.29 is 0 Å². The van der Waals surface area contributed by atoms with Crippen LogP contribution < -0.4 is 5.73 Å². The molecule has 1 fully saturated rings. The Bertz CT molecular complexity index is 252. The topological polar surface area (TPSA) is 29.3 Å². The predicted molar refractivity (Wildman–Crippen MR) is 65.7 cm³/mol. The van der Waals surface area contributed by atoms with Gasteiger partial charge in [-0.25, -0.2) is 0 Å². The summed E-state index contributed by atoms with van der Waals surface area (Å²) in [7, 11) is 4.15. The number of nitrogens with two attached hydrogens (primary N) is 1. The van der Waals surface area contributed by atoms with Gasteiger partial charge < -0.3 is 10.6 Å². The van der Waals surface area contributed by atoms with Crippen molar-refractivity contribution >= 4 is 0 Å². The van der Waals surface area contributed by atoms with E-state index >= 15 is 0 Å². The maximum absolute atomic E-state index is 5.38. The van der Waals surface area contributed by atoms with Crippen LogP contribution >= 0.6 is 0 Å². The van der Waals surface area contributed by atoms with Crippen LogP contribution in [0.3, 0.4) is 0 Å². The van der Waals surface area contributed by atoms with Gasteiger partial charge in [-0.1, -0.05) is 36.8 Å². The summed E-state index contributed by atoms with van der Waals surface area (Å²) >= 11 is 0. The summed E-state index contributed by atoms with van der Waals surface area (Å²) in [5.41, 5.74) is 6.75. The van der Waals surface area contributed by atoms with Gasteiger partial charge in [-0.2, -0.15) is 0 Å². The average molecular weight is 206 g/mol. The van der Waals surface area contributed by atoms with Crippen LogP contribution in [0.4, 0.5) is 0 Å². The van der Waals surface area contributed by atoms with Crippen LogP contribution in [0.15, 0.2) is 30.3 Å². The Morgan fingerprint density at radius 1 is 1.20 bits per heavy atom. The molecule has 1 aromatic carbocycles. The Morgan fingerprint density at radius 3 is 2.07 bits per heavy atom. The third-order valence-electron chi connectivity index (χ3n) is 2.49. The number of nitrogens with zero attached hydrogens (tertiary/aromatic N) is 1.